The summed E-state index contributed by atoms with van der Waals surface area (Å²) in [4.78, 5) is 37.9. The molecule has 0 atom stereocenters. The highest BCUT2D eigenvalue weighted by molar-refractivity contribution is 6.16. The van der Waals surface area contributed by atoms with E-state index in [-0.39, 0.29) is 12.2 Å². The first-order chi connectivity index (χ1) is 13.5. The van der Waals surface area contributed by atoms with Gasteiger partial charge >= 0.3 is 6.03 Å². The van der Waals surface area contributed by atoms with Crippen LogP contribution in [-0.2, 0) is 9.59 Å². The first-order valence-electron chi connectivity index (χ1n) is 8.91. The first-order valence-corrected chi connectivity index (χ1v) is 8.91. The number of imide groups is 1. The van der Waals surface area contributed by atoms with Gasteiger partial charge in [0.1, 0.15) is 18.0 Å². The van der Waals surface area contributed by atoms with E-state index in [1.54, 1.807) is 30.3 Å². The summed E-state index contributed by atoms with van der Waals surface area (Å²) >= 11 is 0. The monoisotopic (exact) mass is 379 g/mol. The minimum absolute atomic E-state index is 0.0977. The number of nitrogens with zero attached hydrogens (tertiary/aromatic N) is 1. The number of hydrogen-bond donors (Lipinski definition) is 2. The number of rotatable bonds is 6. The van der Waals surface area contributed by atoms with E-state index in [1.807, 2.05) is 38.1 Å². The van der Waals surface area contributed by atoms with Gasteiger partial charge in [-0.3, -0.25) is 9.59 Å². The molecule has 2 aromatic rings. The summed E-state index contributed by atoms with van der Waals surface area (Å²) in [5.74, 6) is -0.407. The third-order valence-corrected chi connectivity index (χ3v) is 4.08. The van der Waals surface area contributed by atoms with E-state index in [0.717, 1.165) is 10.5 Å². The number of carbonyl (C=O) groups excluding carboxylic acids is 3. The largest absolute Gasteiger partial charge is 0.493 e. The SMILES string of the molecule is CCOc1ccccc1/C=C1/NC(=O)N(CC(=O)Nc2cccc(C)c2)C1=O. The highest BCUT2D eigenvalue weighted by Gasteiger charge is 2.35. The van der Waals surface area contributed by atoms with Gasteiger partial charge in [0.25, 0.3) is 5.91 Å². The van der Waals surface area contributed by atoms with Crippen LogP contribution in [0.1, 0.15) is 18.1 Å². The van der Waals surface area contributed by atoms with Gasteiger partial charge in [0, 0.05) is 11.3 Å². The van der Waals surface area contributed by atoms with Crippen LogP contribution < -0.4 is 15.4 Å². The number of urea groups is 1. The van der Waals surface area contributed by atoms with E-state index in [1.165, 1.54) is 0 Å². The van der Waals surface area contributed by atoms with Crippen molar-refractivity contribution in [3.63, 3.8) is 0 Å². The molecule has 0 saturated carbocycles. The fourth-order valence-corrected chi connectivity index (χ4v) is 2.82. The smallest absolute Gasteiger partial charge is 0.329 e. The van der Waals surface area contributed by atoms with Gasteiger partial charge in [-0.2, -0.15) is 0 Å². The second-order valence-electron chi connectivity index (χ2n) is 6.27. The summed E-state index contributed by atoms with van der Waals surface area (Å²) in [6.45, 7) is 3.88. The van der Waals surface area contributed by atoms with Crippen molar-refractivity contribution in [2.75, 3.05) is 18.5 Å². The van der Waals surface area contributed by atoms with Crippen molar-refractivity contribution < 1.29 is 19.1 Å². The van der Waals surface area contributed by atoms with Crippen LogP contribution in [0, 0.1) is 6.92 Å². The van der Waals surface area contributed by atoms with Crippen molar-refractivity contribution in [2.45, 2.75) is 13.8 Å². The number of hydrogen-bond acceptors (Lipinski definition) is 4. The Morgan fingerprint density at radius 3 is 2.71 bits per heavy atom. The van der Waals surface area contributed by atoms with E-state index >= 15 is 0 Å². The average Bonchev–Trinajstić information content (AvgIpc) is 2.91. The van der Waals surface area contributed by atoms with Crippen LogP contribution in [0.3, 0.4) is 0 Å². The van der Waals surface area contributed by atoms with Crippen LogP contribution in [0.2, 0.25) is 0 Å². The van der Waals surface area contributed by atoms with Gasteiger partial charge in [0.2, 0.25) is 5.91 Å². The molecule has 1 fully saturated rings. The van der Waals surface area contributed by atoms with Gasteiger partial charge in [-0.1, -0.05) is 30.3 Å². The van der Waals surface area contributed by atoms with Crippen molar-refractivity contribution in [1.29, 1.82) is 0 Å². The van der Waals surface area contributed by atoms with Gasteiger partial charge in [0.15, 0.2) is 0 Å². The maximum atomic E-state index is 12.6. The molecule has 7 heteroatoms. The van der Waals surface area contributed by atoms with E-state index in [0.29, 0.717) is 23.6 Å². The van der Waals surface area contributed by atoms with Gasteiger partial charge in [0.05, 0.1) is 6.61 Å². The summed E-state index contributed by atoms with van der Waals surface area (Å²) in [6, 6.07) is 13.8. The Morgan fingerprint density at radius 2 is 1.96 bits per heavy atom. The highest BCUT2D eigenvalue weighted by atomic mass is 16.5. The normalized spacial score (nSPS) is 14.9. The van der Waals surface area contributed by atoms with Crippen molar-refractivity contribution >= 4 is 29.6 Å². The molecule has 0 unspecified atom stereocenters. The Kier molecular flexibility index (Phi) is 5.74. The fourth-order valence-electron chi connectivity index (χ4n) is 2.82. The molecule has 4 amide bonds. The number of carbonyl (C=O) groups is 3. The molecule has 1 aliphatic rings. The Balaban J connectivity index is 1.72. The zero-order valence-electron chi connectivity index (χ0n) is 15.7. The van der Waals surface area contributed by atoms with Crippen LogP contribution in [0.15, 0.2) is 54.2 Å². The highest BCUT2D eigenvalue weighted by Crippen LogP contribution is 2.22. The summed E-state index contributed by atoms with van der Waals surface area (Å²) in [6.07, 6.45) is 1.55. The van der Waals surface area contributed by atoms with E-state index in [2.05, 4.69) is 10.6 Å². The number of anilines is 1. The number of ether oxygens (including phenoxy) is 1. The number of amides is 4. The molecule has 28 heavy (non-hydrogen) atoms. The summed E-state index contributed by atoms with van der Waals surface area (Å²) in [5, 5.41) is 5.20. The molecule has 2 aromatic carbocycles. The number of benzene rings is 2. The van der Waals surface area contributed by atoms with Crippen molar-refractivity contribution in [3.8, 4) is 5.75 Å². The lowest BCUT2D eigenvalue weighted by molar-refractivity contribution is -0.127. The molecular weight excluding hydrogens is 358 g/mol. The molecule has 7 nitrogen and oxygen atoms in total. The van der Waals surface area contributed by atoms with Crippen LogP contribution in [0.25, 0.3) is 6.08 Å². The maximum absolute atomic E-state index is 12.6. The Bertz CT molecular complexity index is 952. The molecule has 0 spiro atoms. The lowest BCUT2D eigenvalue weighted by Gasteiger charge is -2.12. The zero-order valence-corrected chi connectivity index (χ0v) is 15.7. The second kappa shape index (κ2) is 8.39. The lowest BCUT2D eigenvalue weighted by atomic mass is 10.1. The third-order valence-electron chi connectivity index (χ3n) is 4.08. The molecule has 0 aliphatic carbocycles. The standard InChI is InChI=1S/C21H21N3O4/c1-3-28-18-10-5-4-8-15(18)12-17-20(26)24(21(27)23-17)13-19(25)22-16-9-6-7-14(2)11-16/h4-12H,3,13H2,1-2H3,(H,22,25)(H,23,27)/b17-12+. The van der Waals surface area contributed by atoms with Gasteiger partial charge in [-0.25, -0.2) is 9.69 Å². The first kappa shape index (κ1) is 19.2. The Morgan fingerprint density at radius 1 is 1.18 bits per heavy atom. The third kappa shape index (κ3) is 4.37. The average molecular weight is 379 g/mol. The van der Waals surface area contributed by atoms with E-state index < -0.39 is 17.8 Å². The Labute approximate surface area is 163 Å². The van der Waals surface area contributed by atoms with Gasteiger partial charge in [-0.05, 0) is 43.7 Å². The molecule has 1 heterocycles. The van der Waals surface area contributed by atoms with Crippen LogP contribution in [0.5, 0.6) is 5.75 Å². The fraction of sp³-hybridized carbons (Fsp3) is 0.190. The van der Waals surface area contributed by atoms with Crippen LogP contribution in [-0.4, -0.2) is 35.9 Å². The topological polar surface area (TPSA) is 87.7 Å². The molecule has 1 saturated heterocycles. The van der Waals surface area contributed by atoms with Gasteiger partial charge < -0.3 is 15.4 Å². The Hall–Kier alpha value is -3.61. The molecule has 2 N–H and O–H groups in total. The molecule has 144 valence electrons. The van der Waals surface area contributed by atoms with Crippen molar-refractivity contribution in [1.82, 2.24) is 10.2 Å². The predicted octanol–water partition coefficient (Wildman–Crippen LogP) is 2.93. The second-order valence-corrected chi connectivity index (χ2v) is 6.27. The van der Waals surface area contributed by atoms with Crippen molar-refractivity contribution in [2.24, 2.45) is 0 Å². The summed E-state index contributed by atoms with van der Waals surface area (Å²) in [5.41, 5.74) is 2.36. The molecular formula is C21H21N3O4. The minimum atomic E-state index is -0.635. The predicted molar refractivity (Wildman–Crippen MR) is 106 cm³/mol. The van der Waals surface area contributed by atoms with Gasteiger partial charge in [-0.15, -0.1) is 0 Å². The maximum Gasteiger partial charge on any atom is 0.329 e. The number of nitrogens with one attached hydrogen (secondary N) is 2. The quantitative estimate of drug-likeness (QED) is 0.597. The molecule has 0 radical (unpaired) electrons. The van der Waals surface area contributed by atoms with Crippen LogP contribution >= 0.6 is 0 Å². The lowest BCUT2D eigenvalue weighted by Crippen LogP contribution is -2.38. The minimum Gasteiger partial charge on any atom is -0.493 e. The zero-order chi connectivity index (χ0) is 20.1. The van der Waals surface area contributed by atoms with E-state index in [4.69, 9.17) is 4.74 Å². The summed E-state index contributed by atoms with van der Waals surface area (Å²) in [7, 11) is 0. The van der Waals surface area contributed by atoms with Crippen LogP contribution in [0.4, 0.5) is 10.5 Å². The molecule has 3 rings (SSSR count). The van der Waals surface area contributed by atoms with E-state index in [9.17, 15) is 14.4 Å². The van der Waals surface area contributed by atoms with Crippen molar-refractivity contribution in [3.05, 3.63) is 65.4 Å². The molecule has 0 bridgehead atoms. The molecule has 1 aliphatic heterocycles. The molecule has 0 aromatic heterocycles. The number of para-hydroxylation sites is 1. The summed E-state index contributed by atoms with van der Waals surface area (Å²) < 4.78 is 5.53. The number of aryl methyl sites for hydroxylation is 1.